The molecule has 15 heavy (non-hydrogen) atoms. The molecule has 2 N–H and O–H groups in total. The van der Waals surface area contributed by atoms with Crippen LogP contribution in [0.4, 0.5) is 3.89 Å². The van der Waals surface area contributed by atoms with Crippen LogP contribution in [0.3, 0.4) is 0 Å². The van der Waals surface area contributed by atoms with E-state index in [0.29, 0.717) is 17.7 Å². The quantitative estimate of drug-likeness (QED) is 0.793. The number of halogens is 1. The molecule has 0 aliphatic carbocycles. The van der Waals surface area contributed by atoms with Gasteiger partial charge in [-0.25, -0.2) is 0 Å². The summed E-state index contributed by atoms with van der Waals surface area (Å²) in [6.07, 6.45) is 0.379. The van der Waals surface area contributed by atoms with E-state index in [-0.39, 0.29) is 5.75 Å². The molecule has 0 unspecified atom stereocenters. The van der Waals surface area contributed by atoms with Gasteiger partial charge < -0.3 is 9.92 Å². The average molecular weight is 231 g/mol. The predicted molar refractivity (Wildman–Crippen MR) is 54.1 cm³/mol. The van der Waals surface area contributed by atoms with Gasteiger partial charge in [-0.05, 0) is 17.7 Å². The lowest BCUT2D eigenvalue weighted by atomic mass is 10.1. The van der Waals surface area contributed by atoms with Crippen LogP contribution in [0.2, 0.25) is 0 Å². The lowest BCUT2D eigenvalue weighted by Crippen LogP contribution is -2.02. The van der Waals surface area contributed by atoms with Crippen LogP contribution in [-0.2, 0) is 16.9 Å². The number of benzene rings is 1. The molecule has 0 aliphatic rings. The zero-order valence-corrected chi connectivity index (χ0v) is 8.63. The van der Waals surface area contributed by atoms with E-state index in [0.717, 1.165) is 0 Å². The van der Waals surface area contributed by atoms with Crippen molar-refractivity contribution in [3.05, 3.63) is 42.1 Å². The maximum atomic E-state index is 12.2. The van der Waals surface area contributed by atoms with Gasteiger partial charge in [0.15, 0.2) is 0 Å². The molecule has 0 saturated carbocycles. The molecule has 0 bridgehead atoms. The summed E-state index contributed by atoms with van der Waals surface area (Å²) in [5, 5.41) is 0. The minimum absolute atomic E-state index is 0.0868. The Bertz CT molecular complexity index is 470. The fourth-order valence-corrected chi connectivity index (χ4v) is 1.42. The third-order valence-corrected chi connectivity index (χ3v) is 1.92. The summed E-state index contributed by atoms with van der Waals surface area (Å²) in [5.74, 6) is -0.0868. The first-order valence-electron chi connectivity index (χ1n) is 4.03. The second kappa shape index (κ2) is 4.31. The first-order valence-corrected chi connectivity index (χ1v) is 5.34. The third kappa shape index (κ3) is 4.46. The van der Waals surface area contributed by atoms with Gasteiger partial charge >= 0.3 is 10.5 Å². The van der Waals surface area contributed by atoms with Crippen LogP contribution in [-0.4, -0.2) is 8.42 Å². The molecule has 1 rings (SSSR count). The fourth-order valence-electron chi connectivity index (χ4n) is 1.08. The van der Waals surface area contributed by atoms with Crippen LogP contribution in [0.25, 0.3) is 0 Å². The lowest BCUT2D eigenvalue weighted by Gasteiger charge is -2.03. The number of nitrogens with two attached hydrogens (primary N) is 1. The summed E-state index contributed by atoms with van der Waals surface area (Å²) < 4.78 is 36.6. The van der Waals surface area contributed by atoms with Crippen LogP contribution >= 0.6 is 0 Å². The van der Waals surface area contributed by atoms with Crippen LogP contribution in [0.15, 0.2) is 36.5 Å². The van der Waals surface area contributed by atoms with E-state index < -0.39 is 10.5 Å². The minimum Gasteiger partial charge on any atom is -0.402 e. The van der Waals surface area contributed by atoms with E-state index in [4.69, 9.17) is 5.73 Å². The van der Waals surface area contributed by atoms with Crippen molar-refractivity contribution in [3.63, 3.8) is 0 Å². The number of allylic oxidation sites excluding steroid dienone is 1. The van der Waals surface area contributed by atoms with Crippen LogP contribution < -0.4 is 9.92 Å². The molecule has 0 heterocycles. The molecule has 0 aliphatic heterocycles. The molecular formula is C9H10FNO3S. The summed E-state index contributed by atoms with van der Waals surface area (Å²) in [5.41, 5.74) is 6.50. The fraction of sp³-hybridized carbons (Fsp3) is 0.111. The Kier molecular flexibility index (Phi) is 3.31. The van der Waals surface area contributed by atoms with Crippen LogP contribution in [0, 0.1) is 0 Å². The molecule has 1 aromatic carbocycles. The summed E-state index contributed by atoms with van der Waals surface area (Å²) in [6, 6.07) is 5.96. The lowest BCUT2D eigenvalue weighted by molar-refractivity contribution is 0.440. The smallest absolute Gasteiger partial charge is 0.402 e. The standard InChI is InChI=1S/C9H10FNO3S/c1-7(11)5-8-3-2-4-9(6-8)14-15(10,12)13/h2-4,6H,1,5,11H2. The van der Waals surface area contributed by atoms with Gasteiger partial charge in [-0.3, -0.25) is 0 Å². The molecule has 0 amide bonds. The van der Waals surface area contributed by atoms with E-state index in [9.17, 15) is 12.3 Å². The normalized spacial score (nSPS) is 11.0. The Balaban J connectivity index is 2.88. The van der Waals surface area contributed by atoms with Gasteiger partial charge in [0.25, 0.3) is 0 Å². The molecule has 4 nitrogen and oxygen atoms in total. The van der Waals surface area contributed by atoms with E-state index in [1.807, 2.05) is 0 Å². The van der Waals surface area contributed by atoms with Crippen molar-refractivity contribution in [2.24, 2.45) is 5.73 Å². The molecule has 0 fully saturated rings. The zero-order chi connectivity index (χ0) is 11.5. The first kappa shape index (κ1) is 11.5. The van der Waals surface area contributed by atoms with E-state index in [1.54, 1.807) is 12.1 Å². The average Bonchev–Trinajstić information content (AvgIpc) is 1.99. The Labute approximate surface area is 87.6 Å². The van der Waals surface area contributed by atoms with Crippen molar-refractivity contribution in [1.29, 1.82) is 0 Å². The molecule has 0 atom stereocenters. The van der Waals surface area contributed by atoms with E-state index in [1.165, 1.54) is 12.1 Å². The highest BCUT2D eigenvalue weighted by atomic mass is 32.3. The van der Waals surface area contributed by atoms with Gasteiger partial charge in [0.1, 0.15) is 5.75 Å². The van der Waals surface area contributed by atoms with Crippen LogP contribution in [0.5, 0.6) is 5.75 Å². The van der Waals surface area contributed by atoms with Crippen LogP contribution in [0.1, 0.15) is 5.56 Å². The van der Waals surface area contributed by atoms with E-state index >= 15 is 0 Å². The summed E-state index contributed by atoms with van der Waals surface area (Å²) in [7, 11) is -4.98. The maximum Gasteiger partial charge on any atom is 0.488 e. The monoisotopic (exact) mass is 231 g/mol. The summed E-state index contributed by atoms with van der Waals surface area (Å²) in [6.45, 7) is 3.50. The van der Waals surface area contributed by atoms with Crippen molar-refractivity contribution < 1.29 is 16.5 Å². The van der Waals surface area contributed by atoms with Gasteiger partial charge in [-0.15, -0.1) is 0 Å². The van der Waals surface area contributed by atoms with Crippen molar-refractivity contribution in [3.8, 4) is 5.75 Å². The molecule has 1 aromatic rings. The summed E-state index contributed by atoms with van der Waals surface area (Å²) >= 11 is 0. The highest BCUT2D eigenvalue weighted by molar-refractivity contribution is 7.81. The third-order valence-electron chi connectivity index (χ3n) is 1.53. The van der Waals surface area contributed by atoms with Gasteiger partial charge in [0.2, 0.25) is 0 Å². The first-order chi connectivity index (χ1) is 6.87. The van der Waals surface area contributed by atoms with Crippen molar-refractivity contribution in [2.75, 3.05) is 0 Å². The predicted octanol–water partition coefficient (Wildman–Crippen LogP) is 1.29. The second-order valence-corrected chi connectivity index (χ2v) is 3.91. The van der Waals surface area contributed by atoms with Crippen molar-refractivity contribution in [1.82, 2.24) is 0 Å². The molecule has 6 heteroatoms. The van der Waals surface area contributed by atoms with Gasteiger partial charge in [-0.2, -0.15) is 8.42 Å². The number of rotatable bonds is 4. The molecule has 0 saturated heterocycles. The van der Waals surface area contributed by atoms with Crippen molar-refractivity contribution >= 4 is 10.5 Å². The number of hydrogen-bond donors (Lipinski definition) is 1. The van der Waals surface area contributed by atoms with Gasteiger partial charge in [-0.1, -0.05) is 22.6 Å². The Morgan fingerprint density at radius 2 is 2.20 bits per heavy atom. The molecule has 82 valence electrons. The Hall–Kier alpha value is -1.56. The molecular weight excluding hydrogens is 221 g/mol. The molecule has 0 radical (unpaired) electrons. The highest BCUT2D eigenvalue weighted by Gasteiger charge is 2.09. The Morgan fingerprint density at radius 3 is 2.73 bits per heavy atom. The Morgan fingerprint density at radius 1 is 1.53 bits per heavy atom. The molecule has 0 aromatic heterocycles. The topological polar surface area (TPSA) is 69.4 Å². The van der Waals surface area contributed by atoms with Crippen molar-refractivity contribution in [2.45, 2.75) is 6.42 Å². The van der Waals surface area contributed by atoms with Gasteiger partial charge in [0, 0.05) is 12.1 Å². The van der Waals surface area contributed by atoms with E-state index in [2.05, 4.69) is 10.8 Å². The SMILES string of the molecule is C=C(N)Cc1cccc(OS(=O)(=O)F)c1. The zero-order valence-electron chi connectivity index (χ0n) is 7.81. The molecule has 0 spiro atoms. The largest absolute Gasteiger partial charge is 0.488 e. The number of hydrogen-bond acceptors (Lipinski definition) is 4. The maximum absolute atomic E-state index is 12.2. The summed E-state index contributed by atoms with van der Waals surface area (Å²) in [4.78, 5) is 0. The van der Waals surface area contributed by atoms with Gasteiger partial charge in [0.05, 0.1) is 0 Å². The second-order valence-electron chi connectivity index (χ2n) is 2.96. The highest BCUT2D eigenvalue weighted by Crippen LogP contribution is 2.17. The minimum atomic E-state index is -4.98.